The topological polar surface area (TPSA) is 66.8 Å². The van der Waals surface area contributed by atoms with Crippen molar-refractivity contribution in [3.63, 3.8) is 0 Å². The molecule has 0 atom stereocenters. The first-order valence-corrected chi connectivity index (χ1v) is 7.63. The molecular weight excluding hydrogens is 338 g/mol. The fourth-order valence-corrected chi connectivity index (χ4v) is 2.59. The van der Waals surface area contributed by atoms with Crippen LogP contribution in [0.5, 0.6) is 5.75 Å². The second-order valence-corrected chi connectivity index (χ2v) is 6.19. The Morgan fingerprint density at radius 3 is 2.71 bits per heavy atom. The molecule has 0 aromatic heterocycles. The summed E-state index contributed by atoms with van der Waals surface area (Å²) in [4.78, 5) is 24.3. The highest BCUT2D eigenvalue weighted by Gasteiger charge is 2.28. The van der Waals surface area contributed by atoms with Gasteiger partial charge in [-0.25, -0.2) is 0 Å². The number of hydrogen-bond donors (Lipinski definition) is 1. The lowest BCUT2D eigenvalue weighted by atomic mass is 10.2. The predicted octanol–water partition coefficient (Wildman–Crippen LogP) is 2.46. The lowest BCUT2D eigenvalue weighted by Gasteiger charge is -2.20. The van der Waals surface area contributed by atoms with Crippen molar-refractivity contribution in [1.29, 1.82) is 0 Å². The average Bonchev–Trinajstić information content (AvgIpc) is 3.20. The lowest BCUT2D eigenvalue weighted by molar-refractivity contribution is -0.145. The molecular formula is C15H18BrNO4. The third kappa shape index (κ3) is 5.04. The summed E-state index contributed by atoms with van der Waals surface area (Å²) in [7, 11) is 0. The summed E-state index contributed by atoms with van der Waals surface area (Å²) in [5, 5.41) is 8.88. The van der Waals surface area contributed by atoms with Crippen LogP contribution in [0.25, 0.3) is 0 Å². The standard InChI is InChI=1S/C15H18BrNO4/c1-10-2-5-13(12(16)6-10)21-9-14(18)17(8-15(19)20)7-11-3-4-11/h2,5-6,11H,3-4,7-9H2,1H3,(H,19,20). The maximum Gasteiger partial charge on any atom is 0.323 e. The number of carbonyl (C=O) groups excluding carboxylic acids is 1. The second-order valence-electron chi connectivity index (χ2n) is 5.33. The first-order chi connectivity index (χ1) is 9.95. The van der Waals surface area contributed by atoms with Crippen molar-refractivity contribution in [3.8, 4) is 5.75 Å². The monoisotopic (exact) mass is 355 g/mol. The van der Waals surface area contributed by atoms with Crippen LogP contribution < -0.4 is 4.74 Å². The summed E-state index contributed by atoms with van der Waals surface area (Å²) in [5.74, 6) is -0.271. The molecule has 1 saturated carbocycles. The number of carboxylic acids is 1. The summed E-state index contributed by atoms with van der Waals surface area (Å²) < 4.78 is 6.27. The van der Waals surface area contributed by atoms with Gasteiger partial charge >= 0.3 is 5.97 Å². The number of nitrogens with zero attached hydrogens (tertiary/aromatic N) is 1. The predicted molar refractivity (Wildman–Crippen MR) is 81.3 cm³/mol. The van der Waals surface area contributed by atoms with Gasteiger partial charge < -0.3 is 14.7 Å². The number of benzene rings is 1. The zero-order chi connectivity index (χ0) is 15.4. The van der Waals surface area contributed by atoms with Crippen LogP contribution in [0, 0.1) is 12.8 Å². The van der Waals surface area contributed by atoms with Gasteiger partial charge in [0, 0.05) is 6.54 Å². The number of aryl methyl sites for hydroxylation is 1. The van der Waals surface area contributed by atoms with Crippen LogP contribution >= 0.6 is 15.9 Å². The fraction of sp³-hybridized carbons (Fsp3) is 0.467. The molecule has 21 heavy (non-hydrogen) atoms. The van der Waals surface area contributed by atoms with E-state index in [1.54, 1.807) is 6.07 Å². The number of halogens is 1. The SMILES string of the molecule is Cc1ccc(OCC(=O)N(CC(=O)O)CC2CC2)c(Br)c1. The Balaban J connectivity index is 1.92. The van der Waals surface area contributed by atoms with E-state index < -0.39 is 5.97 Å². The van der Waals surface area contributed by atoms with Crippen LogP contribution in [0.4, 0.5) is 0 Å². The smallest absolute Gasteiger partial charge is 0.323 e. The quantitative estimate of drug-likeness (QED) is 0.815. The number of aliphatic carboxylic acids is 1. The van der Waals surface area contributed by atoms with Crippen molar-refractivity contribution in [2.24, 2.45) is 5.92 Å². The van der Waals surface area contributed by atoms with Crippen LogP contribution in [0.3, 0.4) is 0 Å². The van der Waals surface area contributed by atoms with Gasteiger partial charge in [-0.3, -0.25) is 9.59 Å². The third-order valence-corrected chi connectivity index (χ3v) is 3.91. The van der Waals surface area contributed by atoms with Gasteiger partial charge in [-0.05, 0) is 59.3 Å². The first-order valence-electron chi connectivity index (χ1n) is 6.84. The Hall–Kier alpha value is -1.56. The molecule has 2 rings (SSSR count). The number of carboxylic acid groups (broad SMARTS) is 1. The van der Waals surface area contributed by atoms with E-state index in [2.05, 4.69) is 15.9 Å². The highest BCUT2D eigenvalue weighted by molar-refractivity contribution is 9.10. The summed E-state index contributed by atoms with van der Waals surface area (Å²) in [6.45, 7) is 2.04. The van der Waals surface area contributed by atoms with Gasteiger partial charge in [-0.1, -0.05) is 6.07 Å². The molecule has 1 aliphatic carbocycles. The van der Waals surface area contributed by atoms with Crippen molar-refractivity contribution in [2.45, 2.75) is 19.8 Å². The molecule has 0 heterocycles. The molecule has 114 valence electrons. The van der Waals surface area contributed by atoms with E-state index in [1.165, 1.54) is 4.90 Å². The van der Waals surface area contributed by atoms with Crippen molar-refractivity contribution < 1.29 is 19.4 Å². The number of ether oxygens (including phenoxy) is 1. The van der Waals surface area contributed by atoms with Crippen LogP contribution in [0.15, 0.2) is 22.7 Å². The minimum atomic E-state index is -1.000. The minimum absolute atomic E-state index is 0.151. The van der Waals surface area contributed by atoms with Crippen LogP contribution in [0.2, 0.25) is 0 Å². The average molecular weight is 356 g/mol. The van der Waals surface area contributed by atoms with Gasteiger partial charge in [0.1, 0.15) is 12.3 Å². The van der Waals surface area contributed by atoms with Crippen LogP contribution in [-0.2, 0) is 9.59 Å². The molecule has 0 radical (unpaired) electrons. The molecule has 5 nitrogen and oxygen atoms in total. The number of carbonyl (C=O) groups is 2. The van der Waals surface area contributed by atoms with Crippen LogP contribution in [-0.4, -0.2) is 41.6 Å². The molecule has 0 spiro atoms. The molecule has 1 aromatic carbocycles. The largest absolute Gasteiger partial charge is 0.483 e. The van der Waals surface area contributed by atoms with Gasteiger partial charge in [-0.2, -0.15) is 0 Å². The molecule has 1 aliphatic rings. The molecule has 0 bridgehead atoms. The van der Waals surface area contributed by atoms with Gasteiger partial charge in [-0.15, -0.1) is 0 Å². The highest BCUT2D eigenvalue weighted by Crippen LogP contribution is 2.30. The molecule has 0 unspecified atom stereocenters. The van der Waals surface area contributed by atoms with E-state index in [0.29, 0.717) is 18.2 Å². The zero-order valence-electron chi connectivity index (χ0n) is 11.8. The molecule has 1 amide bonds. The highest BCUT2D eigenvalue weighted by atomic mass is 79.9. The zero-order valence-corrected chi connectivity index (χ0v) is 13.4. The molecule has 1 fully saturated rings. The normalized spacial score (nSPS) is 13.8. The van der Waals surface area contributed by atoms with Crippen molar-refractivity contribution in [1.82, 2.24) is 4.90 Å². The maximum absolute atomic E-state index is 12.1. The Bertz CT molecular complexity index is 542. The van der Waals surface area contributed by atoms with Crippen molar-refractivity contribution in [2.75, 3.05) is 19.7 Å². The Labute approximate surface area is 132 Å². The van der Waals surface area contributed by atoms with Crippen molar-refractivity contribution in [3.05, 3.63) is 28.2 Å². The molecule has 1 N–H and O–H groups in total. The van der Waals surface area contributed by atoms with Gasteiger partial charge in [0.15, 0.2) is 6.61 Å². The molecule has 0 aliphatic heterocycles. The molecule has 0 saturated heterocycles. The Morgan fingerprint density at radius 2 is 2.14 bits per heavy atom. The van der Waals surface area contributed by atoms with E-state index in [9.17, 15) is 9.59 Å². The molecule has 6 heteroatoms. The first kappa shape index (κ1) is 15.8. The number of hydrogen-bond acceptors (Lipinski definition) is 3. The summed E-state index contributed by atoms with van der Waals surface area (Å²) in [5.41, 5.74) is 1.08. The Morgan fingerprint density at radius 1 is 1.43 bits per heavy atom. The van der Waals surface area contributed by atoms with E-state index in [0.717, 1.165) is 22.9 Å². The van der Waals surface area contributed by atoms with Gasteiger partial charge in [0.2, 0.25) is 0 Å². The summed E-state index contributed by atoms with van der Waals surface area (Å²) in [6.07, 6.45) is 2.13. The Kier molecular flexibility index (Phi) is 5.22. The van der Waals surface area contributed by atoms with Gasteiger partial charge in [0.05, 0.1) is 4.47 Å². The molecule has 1 aromatic rings. The fourth-order valence-electron chi connectivity index (χ4n) is 1.98. The maximum atomic E-state index is 12.1. The summed E-state index contributed by atoms with van der Waals surface area (Å²) >= 11 is 3.38. The van der Waals surface area contributed by atoms with E-state index >= 15 is 0 Å². The van der Waals surface area contributed by atoms with Crippen LogP contribution in [0.1, 0.15) is 18.4 Å². The number of amides is 1. The van der Waals surface area contributed by atoms with Gasteiger partial charge in [0.25, 0.3) is 5.91 Å². The summed E-state index contributed by atoms with van der Waals surface area (Å²) in [6, 6.07) is 5.58. The second kappa shape index (κ2) is 6.93. The van der Waals surface area contributed by atoms with Crippen molar-refractivity contribution >= 4 is 27.8 Å². The minimum Gasteiger partial charge on any atom is -0.483 e. The van der Waals surface area contributed by atoms with E-state index in [-0.39, 0.29) is 19.1 Å². The number of rotatable bonds is 7. The lowest BCUT2D eigenvalue weighted by Crippen LogP contribution is -2.40. The van der Waals surface area contributed by atoms with E-state index in [1.807, 2.05) is 19.1 Å². The van der Waals surface area contributed by atoms with E-state index in [4.69, 9.17) is 9.84 Å². The third-order valence-electron chi connectivity index (χ3n) is 3.29.